The van der Waals surface area contributed by atoms with E-state index < -0.39 is 12.1 Å². The number of aliphatic carboxylic acids is 1. The number of halogens is 3. The summed E-state index contributed by atoms with van der Waals surface area (Å²) in [5, 5.41) is 10.3. The SMILES string of the molecule is O=C(CC1CC2(CCN(C(=O)c3ccccn3)CC2)c2ccccc21)NC1CCC1.O=C(O)C(F)(F)F. The third-order valence-corrected chi connectivity index (χ3v) is 7.65. The number of alkyl halides is 3. The highest BCUT2D eigenvalue weighted by Gasteiger charge is 2.46. The van der Waals surface area contributed by atoms with Crippen molar-refractivity contribution in [2.24, 2.45) is 0 Å². The average Bonchev–Trinajstić information content (AvgIpc) is 3.14. The Hall–Kier alpha value is -3.43. The minimum Gasteiger partial charge on any atom is -0.475 e. The molecule has 198 valence electrons. The first-order chi connectivity index (χ1) is 17.6. The zero-order chi connectivity index (χ0) is 26.6. The van der Waals surface area contributed by atoms with E-state index >= 15 is 0 Å². The molecule has 1 atom stereocenters. The van der Waals surface area contributed by atoms with Crippen molar-refractivity contribution in [2.45, 2.75) is 68.5 Å². The highest BCUT2D eigenvalue weighted by Crippen LogP contribution is 2.52. The van der Waals surface area contributed by atoms with Crippen molar-refractivity contribution in [1.82, 2.24) is 15.2 Å². The number of carbonyl (C=O) groups excluding carboxylic acids is 2. The van der Waals surface area contributed by atoms with Gasteiger partial charge in [0.2, 0.25) is 5.91 Å². The Morgan fingerprint density at radius 3 is 2.27 bits per heavy atom. The first kappa shape index (κ1) is 26.6. The maximum absolute atomic E-state index is 12.8. The summed E-state index contributed by atoms with van der Waals surface area (Å²) in [5.41, 5.74) is 3.34. The molecule has 37 heavy (non-hydrogen) atoms. The van der Waals surface area contributed by atoms with Crippen LogP contribution < -0.4 is 5.32 Å². The number of rotatable bonds is 4. The van der Waals surface area contributed by atoms with Crippen LogP contribution in [0.3, 0.4) is 0 Å². The first-order valence-corrected chi connectivity index (χ1v) is 12.5. The largest absolute Gasteiger partial charge is 0.490 e. The van der Waals surface area contributed by atoms with Gasteiger partial charge in [-0.05, 0) is 73.1 Å². The molecule has 5 rings (SSSR count). The molecule has 2 amide bonds. The number of likely N-dealkylation sites (tertiary alicyclic amines) is 1. The summed E-state index contributed by atoms with van der Waals surface area (Å²) in [4.78, 5) is 40.5. The summed E-state index contributed by atoms with van der Waals surface area (Å²) in [7, 11) is 0. The Kier molecular flexibility index (Phi) is 7.85. The quantitative estimate of drug-likeness (QED) is 0.625. The number of carboxylic acid groups (broad SMARTS) is 1. The van der Waals surface area contributed by atoms with E-state index in [1.165, 1.54) is 17.5 Å². The second-order valence-corrected chi connectivity index (χ2v) is 9.98. The lowest BCUT2D eigenvalue weighted by molar-refractivity contribution is -0.192. The molecule has 2 aliphatic carbocycles. The van der Waals surface area contributed by atoms with E-state index in [0.717, 1.165) is 45.2 Å². The number of aromatic nitrogens is 1. The molecule has 1 spiro atoms. The lowest BCUT2D eigenvalue weighted by Crippen LogP contribution is -2.44. The molecule has 10 heteroatoms. The maximum Gasteiger partial charge on any atom is 0.490 e. The number of piperidine rings is 1. The molecule has 1 aromatic carbocycles. The number of hydrogen-bond donors (Lipinski definition) is 2. The molecular formula is C27H30F3N3O4. The fourth-order valence-corrected chi connectivity index (χ4v) is 5.54. The van der Waals surface area contributed by atoms with Crippen LogP contribution in [0.4, 0.5) is 13.2 Å². The van der Waals surface area contributed by atoms with Gasteiger partial charge in [-0.3, -0.25) is 14.6 Å². The van der Waals surface area contributed by atoms with Gasteiger partial charge >= 0.3 is 12.1 Å². The number of fused-ring (bicyclic) bond motifs is 2. The smallest absolute Gasteiger partial charge is 0.475 e. The fourth-order valence-electron chi connectivity index (χ4n) is 5.54. The van der Waals surface area contributed by atoms with Gasteiger partial charge in [0, 0.05) is 31.7 Å². The topological polar surface area (TPSA) is 99.6 Å². The predicted molar refractivity (Wildman–Crippen MR) is 129 cm³/mol. The molecule has 1 saturated carbocycles. The van der Waals surface area contributed by atoms with Crippen molar-refractivity contribution >= 4 is 17.8 Å². The lowest BCUT2D eigenvalue weighted by atomic mass is 9.73. The Morgan fingerprint density at radius 1 is 1.05 bits per heavy atom. The van der Waals surface area contributed by atoms with Crippen LogP contribution in [-0.2, 0) is 15.0 Å². The number of amides is 2. The monoisotopic (exact) mass is 517 g/mol. The average molecular weight is 518 g/mol. The summed E-state index contributed by atoms with van der Waals surface area (Å²) in [6.07, 6.45) is 3.54. The van der Waals surface area contributed by atoms with Gasteiger partial charge in [-0.2, -0.15) is 13.2 Å². The number of pyridine rings is 1. The summed E-state index contributed by atoms with van der Waals surface area (Å²) >= 11 is 0. The second kappa shape index (κ2) is 10.9. The van der Waals surface area contributed by atoms with Crippen LogP contribution in [0.15, 0.2) is 48.7 Å². The summed E-state index contributed by atoms with van der Waals surface area (Å²) in [6, 6.07) is 14.5. The van der Waals surface area contributed by atoms with Crippen molar-refractivity contribution in [3.05, 3.63) is 65.5 Å². The van der Waals surface area contributed by atoms with E-state index in [4.69, 9.17) is 9.90 Å². The Balaban J connectivity index is 0.000000405. The standard InChI is InChI=1S/C25H29N3O2.C2HF3O2/c29-23(27-19-6-5-7-19)16-18-17-25(21-9-2-1-8-20(18)21)11-14-28(15-12-25)24(30)22-10-3-4-13-26-22;3-2(4,5)1(6)7/h1-4,8-10,13,18-19H,5-7,11-12,14-17H2,(H,27,29);(H,6,7). The zero-order valence-electron chi connectivity index (χ0n) is 20.3. The summed E-state index contributed by atoms with van der Waals surface area (Å²) in [6.45, 7) is 1.48. The third kappa shape index (κ3) is 6.11. The lowest BCUT2D eigenvalue weighted by Gasteiger charge is -2.40. The molecule has 1 aromatic heterocycles. The van der Waals surface area contributed by atoms with Gasteiger partial charge in [0.25, 0.3) is 5.91 Å². The number of nitrogens with zero attached hydrogens (tertiary/aromatic N) is 2. The van der Waals surface area contributed by atoms with Crippen LogP contribution >= 0.6 is 0 Å². The van der Waals surface area contributed by atoms with Gasteiger partial charge in [-0.1, -0.05) is 30.3 Å². The third-order valence-electron chi connectivity index (χ3n) is 7.65. The van der Waals surface area contributed by atoms with Crippen molar-refractivity contribution in [2.75, 3.05) is 13.1 Å². The molecule has 2 N–H and O–H groups in total. The number of benzene rings is 1. The molecule has 7 nitrogen and oxygen atoms in total. The van der Waals surface area contributed by atoms with Crippen LogP contribution in [0.1, 0.15) is 72.5 Å². The molecule has 1 unspecified atom stereocenters. The van der Waals surface area contributed by atoms with Gasteiger partial charge in [0.15, 0.2) is 0 Å². The van der Waals surface area contributed by atoms with Gasteiger partial charge in [-0.25, -0.2) is 4.79 Å². The van der Waals surface area contributed by atoms with Crippen LogP contribution in [0, 0.1) is 0 Å². The highest BCUT2D eigenvalue weighted by atomic mass is 19.4. The molecule has 1 saturated heterocycles. The molecule has 2 aromatic rings. The van der Waals surface area contributed by atoms with Crippen molar-refractivity contribution < 1.29 is 32.7 Å². The molecule has 0 bridgehead atoms. The fraction of sp³-hybridized carbons (Fsp3) is 0.481. The predicted octanol–water partition coefficient (Wildman–Crippen LogP) is 4.44. The number of carboxylic acids is 1. The molecule has 1 aliphatic heterocycles. The Bertz CT molecular complexity index is 1130. The molecule has 2 fully saturated rings. The minimum atomic E-state index is -5.08. The van der Waals surface area contributed by atoms with E-state index in [1.54, 1.807) is 12.3 Å². The van der Waals surface area contributed by atoms with Crippen LogP contribution in [-0.4, -0.2) is 58.1 Å². The molecular weight excluding hydrogens is 487 g/mol. The second-order valence-electron chi connectivity index (χ2n) is 9.98. The Morgan fingerprint density at radius 2 is 1.70 bits per heavy atom. The zero-order valence-corrected chi connectivity index (χ0v) is 20.3. The summed E-state index contributed by atoms with van der Waals surface area (Å²) < 4.78 is 31.7. The summed E-state index contributed by atoms with van der Waals surface area (Å²) in [5.74, 6) is -2.26. The van der Waals surface area contributed by atoms with Crippen LogP contribution in [0.2, 0.25) is 0 Å². The van der Waals surface area contributed by atoms with Crippen molar-refractivity contribution in [1.29, 1.82) is 0 Å². The van der Waals surface area contributed by atoms with Crippen LogP contribution in [0.25, 0.3) is 0 Å². The van der Waals surface area contributed by atoms with E-state index in [-0.39, 0.29) is 23.1 Å². The van der Waals surface area contributed by atoms with Crippen LogP contribution in [0.5, 0.6) is 0 Å². The van der Waals surface area contributed by atoms with Gasteiger partial charge in [0.05, 0.1) is 0 Å². The maximum atomic E-state index is 12.8. The normalized spacial score (nSPS) is 20.3. The molecule has 2 heterocycles. The van der Waals surface area contributed by atoms with Gasteiger partial charge in [-0.15, -0.1) is 0 Å². The van der Waals surface area contributed by atoms with Gasteiger partial charge in [0.1, 0.15) is 5.69 Å². The van der Waals surface area contributed by atoms with Crippen molar-refractivity contribution in [3.8, 4) is 0 Å². The molecule has 0 radical (unpaired) electrons. The van der Waals surface area contributed by atoms with E-state index in [2.05, 4.69) is 34.6 Å². The van der Waals surface area contributed by atoms with E-state index in [0.29, 0.717) is 18.2 Å². The first-order valence-electron chi connectivity index (χ1n) is 12.5. The Labute approximate surface area is 213 Å². The van der Waals surface area contributed by atoms with Gasteiger partial charge < -0.3 is 15.3 Å². The number of hydrogen-bond acceptors (Lipinski definition) is 4. The highest BCUT2D eigenvalue weighted by molar-refractivity contribution is 5.92. The number of carbonyl (C=O) groups is 3. The van der Waals surface area contributed by atoms with Crippen molar-refractivity contribution in [3.63, 3.8) is 0 Å². The minimum absolute atomic E-state index is 0.0214. The van der Waals surface area contributed by atoms with E-state index in [1.807, 2.05) is 17.0 Å². The van der Waals surface area contributed by atoms with E-state index in [9.17, 15) is 22.8 Å². The molecule has 3 aliphatic rings. The number of nitrogens with one attached hydrogen (secondary N) is 1.